The van der Waals surface area contributed by atoms with Crippen LogP contribution in [0.3, 0.4) is 0 Å². The summed E-state index contributed by atoms with van der Waals surface area (Å²) in [4.78, 5) is 3.36. The molecule has 1 fully saturated rings. The van der Waals surface area contributed by atoms with E-state index in [1.165, 1.54) is 4.90 Å². The van der Waals surface area contributed by atoms with E-state index in [9.17, 15) is 13.2 Å². The second-order valence-electron chi connectivity index (χ2n) is 4.95. The fraction of sp³-hybridized carbons (Fsp3) is 0.462. The lowest BCUT2D eigenvalue weighted by Crippen LogP contribution is -2.49. The van der Waals surface area contributed by atoms with Crippen molar-refractivity contribution >= 4 is 27.5 Å². The fourth-order valence-corrected chi connectivity index (χ4v) is 2.74. The van der Waals surface area contributed by atoms with E-state index in [0.717, 1.165) is 10.2 Å². The van der Waals surface area contributed by atoms with Crippen LogP contribution in [0.25, 0.3) is 0 Å². The fourth-order valence-electron chi connectivity index (χ4n) is 2.39. The quantitative estimate of drug-likeness (QED) is 0.639. The van der Waals surface area contributed by atoms with E-state index in [0.29, 0.717) is 31.7 Å². The smallest absolute Gasteiger partial charge is 0.384 e. The molecule has 0 unspecified atom stereocenters. The summed E-state index contributed by atoms with van der Waals surface area (Å²) in [5.41, 5.74) is 6.94. The molecule has 0 radical (unpaired) electrons. The van der Waals surface area contributed by atoms with E-state index in [4.69, 9.17) is 11.1 Å². The number of rotatable bonds is 3. The average Bonchev–Trinajstić information content (AvgIpc) is 2.37. The van der Waals surface area contributed by atoms with Crippen LogP contribution < -0.4 is 10.6 Å². The number of amidine groups is 1. The molecule has 0 atom stereocenters. The van der Waals surface area contributed by atoms with Gasteiger partial charge in [0.1, 0.15) is 5.84 Å². The van der Waals surface area contributed by atoms with Crippen molar-refractivity contribution in [1.82, 2.24) is 4.90 Å². The van der Waals surface area contributed by atoms with Gasteiger partial charge in [-0.05, 0) is 18.2 Å². The van der Waals surface area contributed by atoms with Gasteiger partial charge in [0, 0.05) is 41.9 Å². The zero-order valence-electron chi connectivity index (χ0n) is 11.3. The minimum atomic E-state index is -4.16. The molecule has 0 aliphatic carbocycles. The first-order valence-corrected chi connectivity index (χ1v) is 7.23. The number of alkyl halides is 3. The molecule has 1 saturated heterocycles. The van der Waals surface area contributed by atoms with Gasteiger partial charge in [0.05, 0.1) is 6.54 Å². The van der Waals surface area contributed by atoms with Crippen molar-refractivity contribution in [3.05, 3.63) is 28.2 Å². The van der Waals surface area contributed by atoms with Crippen molar-refractivity contribution < 1.29 is 13.2 Å². The maximum atomic E-state index is 12.4. The number of nitrogens with two attached hydrogens (primary N) is 1. The molecule has 0 saturated carbocycles. The van der Waals surface area contributed by atoms with Crippen molar-refractivity contribution in [2.75, 3.05) is 37.6 Å². The Kier molecular flexibility index (Phi) is 4.77. The molecule has 2 rings (SSSR count). The van der Waals surface area contributed by atoms with E-state index >= 15 is 0 Å². The molecule has 1 aliphatic heterocycles. The highest BCUT2D eigenvalue weighted by atomic mass is 79.9. The summed E-state index contributed by atoms with van der Waals surface area (Å²) in [6.07, 6.45) is -4.16. The normalized spacial score (nSPS) is 17.0. The molecular formula is C13H16BrF3N4. The second-order valence-corrected chi connectivity index (χ2v) is 5.87. The summed E-state index contributed by atoms with van der Waals surface area (Å²) < 4.78 is 38.0. The Bertz CT molecular complexity index is 525. The highest BCUT2D eigenvalue weighted by Gasteiger charge is 2.32. The topological polar surface area (TPSA) is 56.4 Å². The second kappa shape index (κ2) is 6.23. The predicted molar refractivity (Wildman–Crippen MR) is 79.9 cm³/mol. The molecule has 0 amide bonds. The number of hydrogen-bond acceptors (Lipinski definition) is 3. The van der Waals surface area contributed by atoms with Crippen LogP contribution in [-0.4, -0.2) is 49.6 Å². The van der Waals surface area contributed by atoms with Gasteiger partial charge >= 0.3 is 6.18 Å². The standard InChI is InChI=1S/C13H16BrF3N4/c14-9-1-2-10(12(18)19)11(7-9)21-5-3-20(4-6-21)8-13(15,16)17/h1-2,7H,3-6,8H2,(H3,18,19). The average molecular weight is 365 g/mol. The summed E-state index contributed by atoms with van der Waals surface area (Å²) in [5.74, 6) is -0.0461. The van der Waals surface area contributed by atoms with E-state index in [1.54, 1.807) is 12.1 Å². The van der Waals surface area contributed by atoms with Crippen molar-refractivity contribution in [2.24, 2.45) is 5.73 Å². The predicted octanol–water partition coefficient (Wildman–Crippen LogP) is 2.42. The largest absolute Gasteiger partial charge is 0.401 e. The molecular weight excluding hydrogens is 349 g/mol. The van der Waals surface area contributed by atoms with Crippen LogP contribution in [0.1, 0.15) is 5.56 Å². The first-order chi connectivity index (χ1) is 9.76. The monoisotopic (exact) mass is 364 g/mol. The zero-order chi connectivity index (χ0) is 15.6. The number of nitrogen functional groups attached to an aromatic ring is 1. The van der Waals surface area contributed by atoms with Crippen molar-refractivity contribution in [3.8, 4) is 0 Å². The molecule has 1 aromatic carbocycles. The minimum absolute atomic E-state index is 0.0461. The maximum absolute atomic E-state index is 12.4. The van der Waals surface area contributed by atoms with E-state index in [2.05, 4.69) is 15.9 Å². The SMILES string of the molecule is N=C(N)c1ccc(Br)cc1N1CCN(CC(F)(F)F)CC1. The Balaban J connectivity index is 2.09. The lowest BCUT2D eigenvalue weighted by atomic mass is 10.1. The molecule has 8 heteroatoms. The van der Waals surface area contributed by atoms with Crippen molar-refractivity contribution in [1.29, 1.82) is 5.41 Å². The molecule has 0 aromatic heterocycles. The van der Waals surface area contributed by atoms with E-state index in [-0.39, 0.29) is 5.84 Å². The number of hydrogen-bond donors (Lipinski definition) is 2. The number of halogens is 4. The van der Waals surface area contributed by atoms with Crippen LogP contribution in [-0.2, 0) is 0 Å². The first kappa shape index (κ1) is 16.1. The molecule has 1 heterocycles. The van der Waals surface area contributed by atoms with Gasteiger partial charge in [-0.25, -0.2) is 0 Å². The zero-order valence-corrected chi connectivity index (χ0v) is 12.8. The van der Waals surface area contributed by atoms with Crippen molar-refractivity contribution in [2.45, 2.75) is 6.18 Å². The maximum Gasteiger partial charge on any atom is 0.401 e. The minimum Gasteiger partial charge on any atom is -0.384 e. The highest BCUT2D eigenvalue weighted by Crippen LogP contribution is 2.26. The highest BCUT2D eigenvalue weighted by molar-refractivity contribution is 9.10. The first-order valence-electron chi connectivity index (χ1n) is 6.44. The third-order valence-corrected chi connectivity index (χ3v) is 3.86. The number of anilines is 1. The third kappa shape index (κ3) is 4.34. The number of nitrogens with zero attached hydrogens (tertiary/aromatic N) is 2. The van der Waals surface area contributed by atoms with Crippen LogP contribution in [0.15, 0.2) is 22.7 Å². The summed E-state index contributed by atoms with van der Waals surface area (Å²) in [7, 11) is 0. The Hall–Kier alpha value is -1.28. The van der Waals surface area contributed by atoms with E-state index < -0.39 is 12.7 Å². The van der Waals surface area contributed by atoms with Crippen LogP contribution in [0.2, 0.25) is 0 Å². The Morgan fingerprint density at radius 1 is 1.24 bits per heavy atom. The van der Waals surface area contributed by atoms with Crippen molar-refractivity contribution in [3.63, 3.8) is 0 Å². The summed E-state index contributed by atoms with van der Waals surface area (Å²) in [5, 5.41) is 7.60. The Labute approximate surface area is 129 Å². The molecule has 0 spiro atoms. The van der Waals surface area contributed by atoms with Crippen LogP contribution in [0.5, 0.6) is 0 Å². The summed E-state index contributed by atoms with van der Waals surface area (Å²) >= 11 is 3.37. The van der Waals surface area contributed by atoms with Gasteiger partial charge in [-0.1, -0.05) is 15.9 Å². The molecule has 1 aromatic rings. The van der Waals surface area contributed by atoms with Gasteiger partial charge < -0.3 is 10.6 Å². The van der Waals surface area contributed by atoms with Crippen LogP contribution in [0, 0.1) is 5.41 Å². The third-order valence-electron chi connectivity index (χ3n) is 3.37. The number of piperazine rings is 1. The molecule has 116 valence electrons. The van der Waals surface area contributed by atoms with Crippen LogP contribution in [0.4, 0.5) is 18.9 Å². The Morgan fingerprint density at radius 2 is 1.86 bits per heavy atom. The van der Waals surface area contributed by atoms with Gasteiger partial charge in [0.25, 0.3) is 0 Å². The van der Waals surface area contributed by atoms with E-state index in [1.807, 2.05) is 11.0 Å². The van der Waals surface area contributed by atoms with Gasteiger partial charge in [0.15, 0.2) is 0 Å². The van der Waals surface area contributed by atoms with Gasteiger partial charge in [-0.2, -0.15) is 13.2 Å². The van der Waals surface area contributed by atoms with Gasteiger partial charge in [-0.15, -0.1) is 0 Å². The Morgan fingerprint density at radius 3 is 2.38 bits per heavy atom. The molecule has 3 N–H and O–H groups in total. The summed E-state index contributed by atoms with van der Waals surface area (Å²) in [6.45, 7) is 0.755. The van der Waals surface area contributed by atoms with Crippen LogP contribution >= 0.6 is 15.9 Å². The lowest BCUT2D eigenvalue weighted by molar-refractivity contribution is -0.146. The molecule has 0 bridgehead atoms. The molecule has 4 nitrogen and oxygen atoms in total. The number of nitrogens with one attached hydrogen (secondary N) is 1. The molecule has 1 aliphatic rings. The molecule has 21 heavy (non-hydrogen) atoms. The summed E-state index contributed by atoms with van der Waals surface area (Å²) in [6, 6.07) is 5.38. The van der Waals surface area contributed by atoms with Gasteiger partial charge in [-0.3, -0.25) is 10.3 Å². The lowest BCUT2D eigenvalue weighted by Gasteiger charge is -2.37. The van der Waals surface area contributed by atoms with Gasteiger partial charge in [0.2, 0.25) is 0 Å². The number of benzene rings is 1.